The van der Waals surface area contributed by atoms with Crippen molar-refractivity contribution in [3.63, 3.8) is 0 Å². The molecule has 0 radical (unpaired) electrons. The van der Waals surface area contributed by atoms with Crippen molar-refractivity contribution in [1.29, 1.82) is 0 Å². The number of hydrogen-bond donors (Lipinski definition) is 2. The molecule has 1 aliphatic heterocycles. The van der Waals surface area contributed by atoms with Gasteiger partial charge in [-0.25, -0.2) is 0 Å². The number of carbonyl (C=O) groups excluding carboxylic acids is 1. The first kappa shape index (κ1) is 18.4. The minimum absolute atomic E-state index is 0.139. The van der Waals surface area contributed by atoms with Gasteiger partial charge in [-0.1, -0.05) is 0 Å². The molecule has 6 nitrogen and oxygen atoms in total. The number of likely N-dealkylation sites (N-methyl/N-ethyl adjacent to an activating group) is 1. The summed E-state index contributed by atoms with van der Waals surface area (Å²) >= 11 is 0. The number of aromatic amines is 1. The Morgan fingerprint density at radius 2 is 1.79 bits per heavy atom. The van der Waals surface area contributed by atoms with E-state index in [1.165, 1.54) is 5.69 Å². The lowest BCUT2D eigenvalue weighted by atomic mass is 10.1. The molecule has 0 atom stereocenters. The van der Waals surface area contributed by atoms with Crippen molar-refractivity contribution in [3.05, 3.63) is 53.7 Å². The van der Waals surface area contributed by atoms with Crippen molar-refractivity contribution in [1.82, 2.24) is 9.88 Å². The summed E-state index contributed by atoms with van der Waals surface area (Å²) in [7, 11) is 3.79. The van der Waals surface area contributed by atoms with Crippen LogP contribution in [0, 0.1) is 6.92 Å². The molecular formula is C22H26N4O2. The molecule has 1 saturated heterocycles. The molecule has 0 unspecified atom stereocenters. The Morgan fingerprint density at radius 3 is 2.46 bits per heavy atom. The molecule has 1 amide bonds. The molecule has 2 heterocycles. The van der Waals surface area contributed by atoms with Crippen LogP contribution in [0.4, 0.5) is 11.4 Å². The minimum atomic E-state index is -0.139. The number of methoxy groups -OCH3 is 1. The number of anilines is 2. The van der Waals surface area contributed by atoms with Crippen molar-refractivity contribution >= 4 is 28.2 Å². The number of rotatable bonds is 4. The second-order valence-electron chi connectivity index (χ2n) is 7.33. The van der Waals surface area contributed by atoms with Gasteiger partial charge in [-0.2, -0.15) is 0 Å². The molecule has 1 aromatic heterocycles. The molecule has 3 aromatic rings. The van der Waals surface area contributed by atoms with Crippen LogP contribution in [-0.4, -0.2) is 56.1 Å². The average molecular weight is 378 g/mol. The van der Waals surface area contributed by atoms with E-state index in [1.807, 2.05) is 37.3 Å². The summed E-state index contributed by atoms with van der Waals surface area (Å²) in [5.74, 6) is 0.640. The van der Waals surface area contributed by atoms with E-state index in [1.54, 1.807) is 7.11 Å². The first-order valence-electron chi connectivity index (χ1n) is 9.56. The van der Waals surface area contributed by atoms with E-state index in [-0.39, 0.29) is 5.91 Å². The summed E-state index contributed by atoms with van der Waals surface area (Å²) in [5, 5.41) is 3.99. The second-order valence-corrected chi connectivity index (χ2v) is 7.33. The Bertz CT molecular complexity index is 986. The Labute approximate surface area is 165 Å². The number of hydrogen-bond acceptors (Lipinski definition) is 4. The molecule has 0 spiro atoms. The lowest BCUT2D eigenvalue weighted by Crippen LogP contribution is -2.44. The first-order valence-corrected chi connectivity index (χ1v) is 9.56. The van der Waals surface area contributed by atoms with Gasteiger partial charge in [0.05, 0.1) is 7.11 Å². The van der Waals surface area contributed by atoms with Crippen LogP contribution in [0.5, 0.6) is 5.75 Å². The predicted octanol–water partition coefficient (Wildman–Crippen LogP) is 3.49. The summed E-state index contributed by atoms with van der Waals surface area (Å²) in [5.41, 5.74) is 4.40. The first-order chi connectivity index (χ1) is 13.5. The third-order valence-corrected chi connectivity index (χ3v) is 5.49. The van der Waals surface area contributed by atoms with Gasteiger partial charge >= 0.3 is 0 Å². The number of aromatic nitrogens is 1. The average Bonchev–Trinajstić information content (AvgIpc) is 3.05. The van der Waals surface area contributed by atoms with Gasteiger partial charge in [-0.3, -0.25) is 4.79 Å². The van der Waals surface area contributed by atoms with E-state index in [4.69, 9.17) is 4.74 Å². The summed E-state index contributed by atoms with van der Waals surface area (Å²) in [6, 6.07) is 13.8. The Kier molecular flexibility index (Phi) is 4.96. The quantitative estimate of drug-likeness (QED) is 0.730. The largest absolute Gasteiger partial charge is 0.497 e. The topological polar surface area (TPSA) is 60.6 Å². The van der Waals surface area contributed by atoms with Gasteiger partial charge in [0.25, 0.3) is 5.91 Å². The van der Waals surface area contributed by atoms with E-state index in [2.05, 4.69) is 39.3 Å². The summed E-state index contributed by atoms with van der Waals surface area (Å²) in [4.78, 5) is 20.7. The summed E-state index contributed by atoms with van der Waals surface area (Å²) in [6.45, 7) is 6.15. The lowest BCUT2D eigenvalue weighted by molar-refractivity contribution is 0.102. The monoisotopic (exact) mass is 378 g/mol. The molecular weight excluding hydrogens is 352 g/mol. The van der Waals surface area contributed by atoms with E-state index in [9.17, 15) is 4.79 Å². The van der Waals surface area contributed by atoms with Gasteiger partial charge in [0, 0.05) is 48.5 Å². The maximum atomic E-state index is 12.8. The number of piperazine rings is 1. The molecule has 6 heteroatoms. The molecule has 146 valence electrons. The van der Waals surface area contributed by atoms with Crippen molar-refractivity contribution in [2.75, 3.05) is 50.6 Å². The van der Waals surface area contributed by atoms with Crippen LogP contribution in [0.1, 0.15) is 16.1 Å². The number of nitrogens with one attached hydrogen (secondary N) is 2. The Balaban J connectivity index is 1.49. The zero-order valence-corrected chi connectivity index (χ0v) is 16.6. The molecule has 1 fully saturated rings. The highest BCUT2D eigenvalue weighted by atomic mass is 16.5. The normalized spacial score (nSPS) is 15.0. The highest BCUT2D eigenvalue weighted by Gasteiger charge is 2.17. The van der Waals surface area contributed by atoms with Gasteiger partial charge in [-0.05, 0) is 62.0 Å². The standard InChI is InChI=1S/C22H26N4O2/c1-15-19-14-18(28-3)8-9-20(19)24-21(15)22(27)23-16-4-6-17(7-5-16)26-12-10-25(2)11-13-26/h4-9,14,24H,10-13H2,1-3H3,(H,23,27). The van der Waals surface area contributed by atoms with Gasteiger partial charge < -0.3 is 24.8 Å². The van der Waals surface area contributed by atoms with Crippen molar-refractivity contribution < 1.29 is 9.53 Å². The van der Waals surface area contributed by atoms with E-state index in [0.29, 0.717) is 5.69 Å². The number of carbonyl (C=O) groups is 1. The number of H-pyrrole nitrogens is 1. The molecule has 28 heavy (non-hydrogen) atoms. The van der Waals surface area contributed by atoms with Crippen LogP contribution >= 0.6 is 0 Å². The fourth-order valence-electron chi connectivity index (χ4n) is 3.67. The van der Waals surface area contributed by atoms with Crippen LogP contribution in [0.15, 0.2) is 42.5 Å². The van der Waals surface area contributed by atoms with E-state index >= 15 is 0 Å². The van der Waals surface area contributed by atoms with Crippen LogP contribution in [0.3, 0.4) is 0 Å². The fraction of sp³-hybridized carbons (Fsp3) is 0.318. The van der Waals surface area contributed by atoms with Crippen molar-refractivity contribution in [2.45, 2.75) is 6.92 Å². The van der Waals surface area contributed by atoms with Crippen molar-refractivity contribution in [2.24, 2.45) is 0 Å². The molecule has 1 aliphatic rings. The lowest BCUT2D eigenvalue weighted by Gasteiger charge is -2.34. The number of nitrogens with zero attached hydrogens (tertiary/aromatic N) is 2. The van der Waals surface area contributed by atoms with Gasteiger partial charge in [0.15, 0.2) is 0 Å². The summed E-state index contributed by atoms with van der Waals surface area (Å²) in [6.07, 6.45) is 0. The van der Waals surface area contributed by atoms with E-state index < -0.39 is 0 Å². The number of benzene rings is 2. The van der Waals surface area contributed by atoms with Crippen LogP contribution in [0.25, 0.3) is 10.9 Å². The maximum absolute atomic E-state index is 12.8. The SMILES string of the molecule is COc1ccc2[nH]c(C(=O)Nc3ccc(N4CCN(C)CC4)cc3)c(C)c2c1. The summed E-state index contributed by atoms with van der Waals surface area (Å²) < 4.78 is 5.29. The number of aryl methyl sites for hydroxylation is 1. The smallest absolute Gasteiger partial charge is 0.272 e. The van der Waals surface area contributed by atoms with Crippen LogP contribution < -0.4 is 15.0 Å². The van der Waals surface area contributed by atoms with Crippen molar-refractivity contribution in [3.8, 4) is 5.75 Å². The third-order valence-electron chi connectivity index (χ3n) is 5.49. The van der Waals surface area contributed by atoms with Gasteiger partial charge in [0.2, 0.25) is 0 Å². The fourth-order valence-corrected chi connectivity index (χ4v) is 3.67. The molecule has 0 aliphatic carbocycles. The zero-order valence-electron chi connectivity index (χ0n) is 16.6. The van der Waals surface area contributed by atoms with Gasteiger partial charge in [0.1, 0.15) is 11.4 Å². The molecule has 0 saturated carbocycles. The Morgan fingerprint density at radius 1 is 1.07 bits per heavy atom. The number of ether oxygens (including phenoxy) is 1. The maximum Gasteiger partial charge on any atom is 0.272 e. The third kappa shape index (κ3) is 3.55. The predicted molar refractivity (Wildman–Crippen MR) is 114 cm³/mol. The molecule has 0 bridgehead atoms. The highest BCUT2D eigenvalue weighted by molar-refractivity contribution is 6.08. The van der Waals surface area contributed by atoms with Crippen LogP contribution in [0.2, 0.25) is 0 Å². The molecule has 2 aromatic carbocycles. The zero-order chi connectivity index (χ0) is 19.7. The van der Waals surface area contributed by atoms with Crippen LogP contribution in [-0.2, 0) is 0 Å². The minimum Gasteiger partial charge on any atom is -0.497 e. The molecule has 2 N–H and O–H groups in total. The van der Waals surface area contributed by atoms with E-state index in [0.717, 1.165) is 54.1 Å². The Hall–Kier alpha value is -2.99. The highest BCUT2D eigenvalue weighted by Crippen LogP contribution is 2.27. The number of amides is 1. The number of fused-ring (bicyclic) bond motifs is 1. The van der Waals surface area contributed by atoms with Gasteiger partial charge in [-0.15, -0.1) is 0 Å². The second kappa shape index (κ2) is 7.56. The molecule has 4 rings (SSSR count).